The second-order valence-electron chi connectivity index (χ2n) is 9.28. The maximum absolute atomic E-state index is 13.4. The van der Waals surface area contributed by atoms with E-state index in [9.17, 15) is 19.5 Å². The van der Waals surface area contributed by atoms with E-state index in [1.165, 1.54) is 0 Å². The first-order chi connectivity index (χ1) is 17.3. The van der Waals surface area contributed by atoms with E-state index in [2.05, 4.69) is 0 Å². The fourth-order valence-electron chi connectivity index (χ4n) is 5.47. The summed E-state index contributed by atoms with van der Waals surface area (Å²) in [6, 6.07) is 12.6. The Morgan fingerprint density at radius 1 is 0.889 bits per heavy atom. The number of aliphatic carboxylic acids is 1. The number of hydrogen-bond acceptors (Lipinski definition) is 5. The lowest BCUT2D eigenvalue weighted by Gasteiger charge is -2.43. The fraction of sp³-hybridized carbons (Fsp3) is 0.321. The van der Waals surface area contributed by atoms with Gasteiger partial charge in [0, 0.05) is 56.9 Å². The molecule has 5 rings (SSSR count). The average molecular weight is 526 g/mol. The summed E-state index contributed by atoms with van der Waals surface area (Å²) >= 11 is 12.4. The maximum atomic E-state index is 13.4. The van der Waals surface area contributed by atoms with E-state index < -0.39 is 11.9 Å². The van der Waals surface area contributed by atoms with Gasteiger partial charge >= 0.3 is 5.97 Å². The number of carboxylic acid groups (broad SMARTS) is 1. The Morgan fingerprint density at radius 3 is 2.06 bits per heavy atom. The third-order valence-corrected chi connectivity index (χ3v) is 7.46. The summed E-state index contributed by atoms with van der Waals surface area (Å²) in [5.74, 6) is -1.24. The van der Waals surface area contributed by atoms with Crippen LogP contribution >= 0.6 is 23.2 Å². The van der Waals surface area contributed by atoms with Crippen LogP contribution in [0.1, 0.15) is 55.6 Å². The number of nitrogens with zero attached hydrogens (tertiary/aromatic N) is 1. The first-order valence-corrected chi connectivity index (χ1v) is 12.8. The number of allylic oxidation sites excluding steroid dienone is 4. The summed E-state index contributed by atoms with van der Waals surface area (Å²) in [4.78, 5) is 40.2. The molecule has 0 spiro atoms. The van der Waals surface area contributed by atoms with Gasteiger partial charge in [-0.2, -0.15) is 0 Å². The summed E-state index contributed by atoms with van der Waals surface area (Å²) in [7, 11) is 0. The maximum Gasteiger partial charge on any atom is 0.323 e. The van der Waals surface area contributed by atoms with Crippen molar-refractivity contribution in [2.24, 2.45) is 0 Å². The van der Waals surface area contributed by atoms with Crippen molar-refractivity contribution in [2.45, 2.75) is 51.0 Å². The number of carbonyl (C=O) groups is 3. The topological polar surface area (TPSA) is 83.9 Å². The smallest absolute Gasteiger partial charge is 0.323 e. The van der Waals surface area contributed by atoms with Crippen LogP contribution in [0.5, 0.6) is 5.75 Å². The molecule has 2 aromatic rings. The molecule has 0 aromatic heterocycles. The summed E-state index contributed by atoms with van der Waals surface area (Å²) in [5.41, 5.74) is 3.97. The number of ether oxygens (including phenoxy) is 1. The van der Waals surface area contributed by atoms with Crippen LogP contribution in [0, 0.1) is 0 Å². The van der Waals surface area contributed by atoms with E-state index >= 15 is 0 Å². The lowest BCUT2D eigenvalue weighted by molar-refractivity contribution is -0.138. The quantitative estimate of drug-likeness (QED) is 0.492. The van der Waals surface area contributed by atoms with Gasteiger partial charge in [0.25, 0.3) is 0 Å². The zero-order valence-electron chi connectivity index (χ0n) is 19.6. The number of benzene rings is 2. The molecule has 0 amide bonds. The zero-order chi connectivity index (χ0) is 25.4. The lowest BCUT2D eigenvalue weighted by Crippen LogP contribution is -2.41. The van der Waals surface area contributed by atoms with Gasteiger partial charge in [-0.15, -0.1) is 0 Å². The van der Waals surface area contributed by atoms with Crippen molar-refractivity contribution in [3.63, 3.8) is 0 Å². The molecule has 0 saturated carbocycles. The summed E-state index contributed by atoms with van der Waals surface area (Å²) in [6.07, 6.45) is 3.16. The number of ketones is 2. The van der Waals surface area contributed by atoms with Crippen LogP contribution in [-0.2, 0) is 21.0 Å². The Balaban J connectivity index is 1.65. The number of hydrogen-bond donors (Lipinski definition) is 1. The highest BCUT2D eigenvalue weighted by Crippen LogP contribution is 2.51. The fourth-order valence-corrected chi connectivity index (χ4v) is 5.78. The standard InChI is InChI=1S/C28H25Cl2NO5/c29-17-9-7-16(8-10-17)15-36-24-12-11-18(30)13-19(24)26-27-20(3-1-5-22(27)32)31(14-25(34)35)21-4-2-6-23(33)28(21)26/h7-13,26H,1-6,14-15H2,(H,34,35). The molecule has 3 aliphatic rings. The Bertz CT molecular complexity index is 1270. The molecule has 1 N–H and O–H groups in total. The van der Waals surface area contributed by atoms with Gasteiger partial charge in [0.2, 0.25) is 0 Å². The highest BCUT2D eigenvalue weighted by Gasteiger charge is 2.44. The molecule has 0 atom stereocenters. The van der Waals surface area contributed by atoms with Gasteiger partial charge in [0.05, 0.1) is 0 Å². The summed E-state index contributed by atoms with van der Waals surface area (Å²) in [6.45, 7) is -0.0101. The van der Waals surface area contributed by atoms with Crippen LogP contribution in [0.25, 0.3) is 0 Å². The molecule has 8 heteroatoms. The van der Waals surface area contributed by atoms with E-state index in [0.29, 0.717) is 82.4 Å². The molecule has 0 saturated heterocycles. The Morgan fingerprint density at radius 2 is 1.47 bits per heavy atom. The van der Waals surface area contributed by atoms with Crippen LogP contribution in [0.15, 0.2) is 65.0 Å². The van der Waals surface area contributed by atoms with Gasteiger partial charge in [-0.05, 0) is 61.6 Å². The SMILES string of the molecule is O=C(O)CN1C2=C(C(=O)CCC2)C(c2cc(Cl)ccc2OCc2ccc(Cl)cc2)C2=C1CCCC2=O. The lowest BCUT2D eigenvalue weighted by atomic mass is 9.70. The predicted molar refractivity (Wildman–Crippen MR) is 136 cm³/mol. The highest BCUT2D eigenvalue weighted by molar-refractivity contribution is 6.31. The van der Waals surface area contributed by atoms with Crippen LogP contribution in [0.4, 0.5) is 0 Å². The molecular weight excluding hydrogens is 501 g/mol. The minimum atomic E-state index is -1.00. The normalized spacial score (nSPS) is 18.3. The monoisotopic (exact) mass is 525 g/mol. The van der Waals surface area contributed by atoms with Gasteiger partial charge in [-0.3, -0.25) is 14.4 Å². The predicted octanol–water partition coefficient (Wildman–Crippen LogP) is 6.07. The molecule has 0 radical (unpaired) electrons. The first-order valence-electron chi connectivity index (χ1n) is 12.0. The number of carbonyl (C=O) groups excluding carboxylic acids is 2. The van der Waals surface area contributed by atoms with Crippen LogP contribution in [0.2, 0.25) is 10.0 Å². The van der Waals surface area contributed by atoms with Crippen molar-refractivity contribution in [1.29, 1.82) is 0 Å². The van der Waals surface area contributed by atoms with Gasteiger partial charge in [-0.25, -0.2) is 0 Å². The van der Waals surface area contributed by atoms with Gasteiger partial charge in [0.15, 0.2) is 11.6 Å². The number of rotatable bonds is 6. The molecule has 36 heavy (non-hydrogen) atoms. The van der Waals surface area contributed by atoms with Crippen LogP contribution < -0.4 is 4.74 Å². The zero-order valence-corrected chi connectivity index (χ0v) is 21.1. The molecule has 186 valence electrons. The molecule has 1 aliphatic heterocycles. The Hall–Kier alpha value is -3.09. The average Bonchev–Trinajstić information content (AvgIpc) is 2.85. The minimum Gasteiger partial charge on any atom is -0.489 e. The van der Waals surface area contributed by atoms with Crippen LogP contribution in [-0.4, -0.2) is 34.1 Å². The van der Waals surface area contributed by atoms with Crippen molar-refractivity contribution in [2.75, 3.05) is 6.54 Å². The second-order valence-corrected chi connectivity index (χ2v) is 10.2. The van der Waals surface area contributed by atoms with E-state index in [1.807, 2.05) is 12.1 Å². The van der Waals surface area contributed by atoms with Crippen molar-refractivity contribution >= 4 is 40.7 Å². The first kappa shape index (κ1) is 24.6. The van der Waals surface area contributed by atoms with Gasteiger partial charge in [-0.1, -0.05) is 35.3 Å². The third kappa shape index (κ3) is 4.67. The van der Waals surface area contributed by atoms with E-state index in [4.69, 9.17) is 27.9 Å². The third-order valence-electron chi connectivity index (χ3n) is 6.97. The molecule has 2 aliphatic carbocycles. The largest absolute Gasteiger partial charge is 0.489 e. The van der Waals surface area contributed by atoms with E-state index in [0.717, 1.165) is 5.56 Å². The molecular formula is C28H25Cl2NO5. The number of carboxylic acids is 1. The Kier molecular flexibility index (Phi) is 6.91. The summed E-state index contributed by atoms with van der Waals surface area (Å²) in [5, 5.41) is 10.7. The number of Topliss-reactive ketones (excluding diaryl/α,β-unsaturated/α-hetero) is 2. The van der Waals surface area contributed by atoms with Gasteiger partial charge < -0.3 is 14.7 Å². The molecule has 0 bridgehead atoms. The summed E-state index contributed by atoms with van der Waals surface area (Å²) < 4.78 is 6.22. The van der Waals surface area contributed by atoms with Crippen molar-refractivity contribution in [1.82, 2.24) is 4.90 Å². The minimum absolute atomic E-state index is 0.0646. The van der Waals surface area contributed by atoms with Crippen LogP contribution in [0.3, 0.4) is 0 Å². The highest BCUT2D eigenvalue weighted by atomic mass is 35.5. The van der Waals surface area contributed by atoms with E-state index in [1.54, 1.807) is 35.2 Å². The van der Waals surface area contributed by atoms with Crippen molar-refractivity contribution in [3.8, 4) is 5.75 Å². The van der Waals surface area contributed by atoms with Crippen molar-refractivity contribution < 1.29 is 24.2 Å². The van der Waals surface area contributed by atoms with E-state index in [-0.39, 0.29) is 24.7 Å². The second kappa shape index (κ2) is 10.1. The molecule has 2 aromatic carbocycles. The molecule has 1 heterocycles. The van der Waals surface area contributed by atoms with Gasteiger partial charge in [0.1, 0.15) is 18.9 Å². The van der Waals surface area contributed by atoms with Crippen molar-refractivity contribution in [3.05, 3.63) is 86.2 Å². The molecule has 0 fully saturated rings. The molecule has 0 unspecified atom stereocenters. The molecule has 6 nitrogen and oxygen atoms in total. The number of halogens is 2. The Labute approximate surface area is 219 Å².